The summed E-state index contributed by atoms with van der Waals surface area (Å²) in [6.45, 7) is 1.26. The van der Waals surface area contributed by atoms with Gasteiger partial charge in [-0.3, -0.25) is 9.59 Å². The number of pyridine rings is 1. The van der Waals surface area contributed by atoms with E-state index in [9.17, 15) is 9.59 Å². The summed E-state index contributed by atoms with van der Waals surface area (Å²) >= 11 is 6.21. The standard InChI is InChI=1S/C8H6Br2N2O3/c1-3(13)15-6-4(9)2-5(8(11)14)12-7(6)10/h2H,1H3,(H2,11,14). The summed E-state index contributed by atoms with van der Waals surface area (Å²) in [4.78, 5) is 25.4. The van der Waals surface area contributed by atoms with Crippen LogP contribution in [0.25, 0.3) is 0 Å². The Morgan fingerprint density at radius 2 is 2.07 bits per heavy atom. The summed E-state index contributed by atoms with van der Waals surface area (Å²) in [7, 11) is 0. The van der Waals surface area contributed by atoms with Gasteiger partial charge >= 0.3 is 5.97 Å². The third-order valence-electron chi connectivity index (χ3n) is 1.38. The van der Waals surface area contributed by atoms with Crippen LogP contribution in [-0.2, 0) is 4.79 Å². The van der Waals surface area contributed by atoms with Gasteiger partial charge in [0.2, 0.25) is 0 Å². The average molecular weight is 338 g/mol. The zero-order valence-electron chi connectivity index (χ0n) is 7.58. The van der Waals surface area contributed by atoms with Gasteiger partial charge in [-0.15, -0.1) is 0 Å². The first-order valence-electron chi connectivity index (χ1n) is 3.76. The van der Waals surface area contributed by atoms with Gasteiger partial charge in [0, 0.05) is 6.92 Å². The second-order valence-corrected chi connectivity index (χ2v) is 4.17. The number of carbonyl (C=O) groups is 2. The maximum absolute atomic E-state index is 10.8. The number of hydrogen-bond donors (Lipinski definition) is 1. The van der Waals surface area contributed by atoms with Crippen molar-refractivity contribution in [2.45, 2.75) is 6.92 Å². The Morgan fingerprint density at radius 1 is 1.47 bits per heavy atom. The van der Waals surface area contributed by atoms with Crippen molar-refractivity contribution in [3.63, 3.8) is 0 Å². The Morgan fingerprint density at radius 3 is 2.47 bits per heavy atom. The average Bonchev–Trinajstić information content (AvgIpc) is 2.10. The first kappa shape index (κ1) is 12.1. The van der Waals surface area contributed by atoms with Crippen LogP contribution in [0.3, 0.4) is 0 Å². The topological polar surface area (TPSA) is 82.3 Å². The highest BCUT2D eigenvalue weighted by molar-refractivity contribution is 9.11. The van der Waals surface area contributed by atoms with Gasteiger partial charge in [0.15, 0.2) is 10.4 Å². The summed E-state index contributed by atoms with van der Waals surface area (Å²) < 4.78 is 5.52. The minimum atomic E-state index is -0.661. The van der Waals surface area contributed by atoms with Crippen molar-refractivity contribution in [1.82, 2.24) is 4.98 Å². The van der Waals surface area contributed by atoms with E-state index in [4.69, 9.17) is 10.5 Å². The van der Waals surface area contributed by atoms with Crippen LogP contribution in [0, 0.1) is 0 Å². The van der Waals surface area contributed by atoms with Gasteiger partial charge in [-0.1, -0.05) is 0 Å². The van der Waals surface area contributed by atoms with Crippen molar-refractivity contribution in [1.29, 1.82) is 0 Å². The van der Waals surface area contributed by atoms with Gasteiger partial charge in [0.1, 0.15) is 5.69 Å². The van der Waals surface area contributed by atoms with Gasteiger partial charge in [0.25, 0.3) is 5.91 Å². The largest absolute Gasteiger partial charge is 0.423 e. The van der Waals surface area contributed by atoms with Crippen LogP contribution in [-0.4, -0.2) is 16.9 Å². The predicted molar refractivity (Wildman–Crippen MR) is 59.5 cm³/mol. The first-order valence-corrected chi connectivity index (χ1v) is 5.34. The summed E-state index contributed by atoms with van der Waals surface area (Å²) in [5, 5.41) is 0. The number of hydrogen-bond acceptors (Lipinski definition) is 4. The van der Waals surface area contributed by atoms with E-state index in [0.717, 1.165) is 0 Å². The molecule has 0 aliphatic carbocycles. The van der Waals surface area contributed by atoms with Gasteiger partial charge in [-0.2, -0.15) is 0 Å². The molecule has 5 nitrogen and oxygen atoms in total. The molecule has 1 amide bonds. The Bertz CT molecular complexity index is 411. The Kier molecular flexibility index (Phi) is 3.81. The van der Waals surface area contributed by atoms with Gasteiger partial charge in [0.05, 0.1) is 4.47 Å². The molecule has 15 heavy (non-hydrogen) atoms. The monoisotopic (exact) mass is 336 g/mol. The number of esters is 1. The summed E-state index contributed by atoms with van der Waals surface area (Å²) in [6, 6.07) is 1.38. The van der Waals surface area contributed by atoms with Gasteiger partial charge in [-0.25, -0.2) is 4.98 Å². The lowest BCUT2D eigenvalue weighted by Gasteiger charge is -2.06. The van der Waals surface area contributed by atoms with Crippen LogP contribution < -0.4 is 10.5 Å². The molecule has 1 aromatic rings. The minimum absolute atomic E-state index is 0.0738. The third-order valence-corrected chi connectivity index (χ3v) is 2.51. The lowest BCUT2D eigenvalue weighted by Crippen LogP contribution is -2.14. The number of rotatable bonds is 2. The Hall–Kier alpha value is -0.950. The second-order valence-electron chi connectivity index (χ2n) is 2.57. The molecule has 2 N–H and O–H groups in total. The maximum atomic E-state index is 10.8. The minimum Gasteiger partial charge on any atom is -0.423 e. The van der Waals surface area contributed by atoms with Crippen LogP contribution in [0.15, 0.2) is 15.1 Å². The molecule has 0 saturated heterocycles. The van der Waals surface area contributed by atoms with Crippen molar-refractivity contribution in [3.05, 3.63) is 20.8 Å². The number of ether oxygens (including phenoxy) is 1. The SMILES string of the molecule is CC(=O)Oc1c(Br)cc(C(N)=O)nc1Br. The van der Waals surface area contributed by atoms with E-state index in [1.807, 2.05) is 0 Å². The van der Waals surface area contributed by atoms with Crippen LogP contribution in [0.5, 0.6) is 5.75 Å². The van der Waals surface area contributed by atoms with E-state index < -0.39 is 11.9 Å². The third kappa shape index (κ3) is 3.00. The number of nitrogens with two attached hydrogens (primary N) is 1. The first-order chi connectivity index (χ1) is 6.91. The molecule has 1 rings (SSSR count). The zero-order valence-corrected chi connectivity index (χ0v) is 10.8. The number of amides is 1. The predicted octanol–water partition coefficient (Wildman–Crippen LogP) is 1.63. The molecule has 0 saturated carbocycles. The van der Waals surface area contributed by atoms with Crippen molar-refractivity contribution in [3.8, 4) is 5.75 Å². The van der Waals surface area contributed by atoms with E-state index in [1.165, 1.54) is 13.0 Å². The molecule has 1 heterocycles. The molecular weight excluding hydrogens is 332 g/mol. The fourth-order valence-electron chi connectivity index (χ4n) is 0.834. The summed E-state index contributed by atoms with van der Waals surface area (Å²) in [5.41, 5.74) is 5.13. The lowest BCUT2D eigenvalue weighted by molar-refractivity contribution is -0.132. The van der Waals surface area contributed by atoms with Gasteiger partial charge < -0.3 is 10.5 Å². The quantitative estimate of drug-likeness (QED) is 0.656. The molecule has 0 aromatic carbocycles. The van der Waals surface area contributed by atoms with Gasteiger partial charge in [-0.05, 0) is 37.9 Å². The van der Waals surface area contributed by atoms with Crippen LogP contribution >= 0.6 is 31.9 Å². The fourth-order valence-corrected chi connectivity index (χ4v) is 2.07. The number of primary amides is 1. The summed E-state index contributed by atoms with van der Waals surface area (Å²) in [6.07, 6.45) is 0. The van der Waals surface area contributed by atoms with Crippen molar-refractivity contribution in [2.75, 3.05) is 0 Å². The second kappa shape index (κ2) is 4.71. The van der Waals surface area contributed by atoms with Crippen molar-refractivity contribution in [2.24, 2.45) is 5.73 Å². The van der Waals surface area contributed by atoms with Crippen molar-refractivity contribution < 1.29 is 14.3 Å². The van der Waals surface area contributed by atoms with Crippen LogP contribution in [0.2, 0.25) is 0 Å². The highest BCUT2D eigenvalue weighted by Crippen LogP contribution is 2.32. The van der Waals surface area contributed by atoms with E-state index in [1.54, 1.807) is 0 Å². The molecular formula is C8H6Br2N2O3. The molecule has 80 valence electrons. The van der Waals surface area contributed by atoms with Crippen molar-refractivity contribution >= 4 is 43.7 Å². The number of halogens is 2. The molecule has 0 bridgehead atoms. The molecule has 1 aromatic heterocycles. The van der Waals surface area contributed by atoms with Crippen LogP contribution in [0.1, 0.15) is 17.4 Å². The Labute approximate surface area is 102 Å². The highest BCUT2D eigenvalue weighted by atomic mass is 79.9. The maximum Gasteiger partial charge on any atom is 0.308 e. The van der Waals surface area contributed by atoms with Crippen LogP contribution in [0.4, 0.5) is 0 Å². The zero-order chi connectivity index (χ0) is 11.6. The molecule has 0 spiro atoms. The molecule has 0 aliphatic heterocycles. The molecule has 0 aliphatic rings. The molecule has 0 radical (unpaired) electrons. The summed E-state index contributed by atoms with van der Waals surface area (Å²) in [5.74, 6) is -0.927. The highest BCUT2D eigenvalue weighted by Gasteiger charge is 2.14. The van der Waals surface area contributed by atoms with E-state index >= 15 is 0 Å². The molecule has 0 fully saturated rings. The Balaban J connectivity index is 3.21. The number of carbonyl (C=O) groups excluding carboxylic acids is 2. The lowest BCUT2D eigenvalue weighted by atomic mass is 10.3. The molecule has 7 heteroatoms. The number of aromatic nitrogens is 1. The normalized spacial score (nSPS) is 9.80. The fraction of sp³-hybridized carbons (Fsp3) is 0.125. The van der Waals surface area contributed by atoms with E-state index in [2.05, 4.69) is 36.8 Å². The molecule has 0 atom stereocenters. The number of nitrogens with zero attached hydrogens (tertiary/aromatic N) is 1. The molecule has 0 unspecified atom stereocenters. The van der Waals surface area contributed by atoms with E-state index in [-0.39, 0.29) is 16.0 Å². The van der Waals surface area contributed by atoms with E-state index in [0.29, 0.717) is 4.47 Å². The smallest absolute Gasteiger partial charge is 0.308 e.